The molecule has 0 radical (unpaired) electrons. The minimum absolute atomic E-state index is 0.167. The molecule has 8 nitrogen and oxygen atoms in total. The molecule has 0 aliphatic rings. The van der Waals surface area contributed by atoms with Crippen LogP contribution in [0, 0.1) is 0 Å². The molecule has 0 aliphatic heterocycles. The van der Waals surface area contributed by atoms with E-state index in [1.54, 1.807) is 13.8 Å². The van der Waals surface area contributed by atoms with Crippen LogP contribution in [0.25, 0.3) is 0 Å². The fraction of sp³-hybridized carbons (Fsp3) is 0.714. The summed E-state index contributed by atoms with van der Waals surface area (Å²) in [5.41, 5.74) is 0. The van der Waals surface area contributed by atoms with Crippen molar-refractivity contribution in [1.29, 1.82) is 0 Å². The summed E-state index contributed by atoms with van der Waals surface area (Å²) < 4.78 is 28.7. The highest BCUT2D eigenvalue weighted by Crippen LogP contribution is 2.04. The predicted octanol–water partition coefficient (Wildman–Crippen LogP) is -0.811. The summed E-state index contributed by atoms with van der Waals surface area (Å²) in [6, 6.07) is 0. The van der Waals surface area contributed by atoms with Crippen LogP contribution in [0.1, 0.15) is 20.3 Å². The van der Waals surface area contributed by atoms with Gasteiger partial charge in [-0.3, -0.25) is 14.1 Å². The molecule has 1 unspecified atom stereocenters. The van der Waals surface area contributed by atoms with E-state index in [-0.39, 0.29) is 6.10 Å². The molecular weight excluding hydrogens is 244 g/mol. The zero-order valence-corrected chi connectivity index (χ0v) is 9.51. The number of carboxylic acids is 2. The third-order valence-corrected chi connectivity index (χ3v) is 2.08. The number of aliphatic hydroxyl groups excluding tert-OH is 1. The molecule has 9 heteroatoms. The number of carbonyl (C=O) groups is 2. The number of carboxylic acid groups (broad SMARTS) is 2. The maximum atomic E-state index is 10.2. The number of hydrogen-bond donors (Lipinski definition) is 4. The molecule has 0 bridgehead atoms. The van der Waals surface area contributed by atoms with E-state index in [4.69, 9.17) is 19.9 Å². The summed E-state index contributed by atoms with van der Waals surface area (Å²) in [6.45, 7) is 3.44. The van der Waals surface area contributed by atoms with Crippen LogP contribution in [0.5, 0.6) is 0 Å². The highest BCUT2D eigenvalue weighted by molar-refractivity contribution is 7.87. The molecule has 0 rings (SSSR count). The number of rotatable bonds is 4. The van der Waals surface area contributed by atoms with Gasteiger partial charge in [-0.1, -0.05) is 0 Å². The smallest absolute Gasteiger partial charge is 0.325 e. The van der Waals surface area contributed by atoms with Crippen molar-refractivity contribution in [3.63, 3.8) is 0 Å². The molecule has 0 fully saturated rings. The Bertz CT molecular complexity index is 328. The lowest BCUT2D eigenvalue weighted by molar-refractivity contribution is -0.143. The summed E-state index contributed by atoms with van der Waals surface area (Å²) in [5, 5.41) is 22.0. The number of aliphatic hydroxyl groups is 1. The molecule has 0 spiro atoms. The van der Waals surface area contributed by atoms with Crippen LogP contribution in [0.4, 0.5) is 0 Å². The van der Waals surface area contributed by atoms with Gasteiger partial charge in [-0.05, 0) is 13.8 Å². The van der Waals surface area contributed by atoms with Crippen LogP contribution < -0.4 is 0 Å². The second kappa shape index (κ2) is 7.14. The van der Waals surface area contributed by atoms with E-state index >= 15 is 0 Å². The first-order valence-corrected chi connectivity index (χ1v) is 5.57. The molecule has 0 amide bonds. The first kappa shape index (κ1) is 17.2. The second-order valence-electron chi connectivity index (χ2n) is 3.03. The van der Waals surface area contributed by atoms with Crippen LogP contribution in [0.3, 0.4) is 0 Å². The van der Waals surface area contributed by atoms with Crippen molar-refractivity contribution in [1.82, 2.24) is 0 Å². The van der Waals surface area contributed by atoms with Crippen molar-refractivity contribution in [2.45, 2.75) is 31.6 Å². The van der Waals surface area contributed by atoms with E-state index in [0.29, 0.717) is 0 Å². The fourth-order valence-electron chi connectivity index (χ4n) is 0.479. The summed E-state index contributed by atoms with van der Waals surface area (Å²) in [5.74, 6) is -3.50. The van der Waals surface area contributed by atoms with E-state index in [1.165, 1.54) is 0 Å². The average molecular weight is 258 g/mol. The molecule has 0 heterocycles. The van der Waals surface area contributed by atoms with E-state index in [0.717, 1.165) is 0 Å². The number of aliphatic carboxylic acids is 2. The van der Waals surface area contributed by atoms with Crippen LogP contribution >= 0.6 is 0 Å². The highest BCUT2D eigenvalue weighted by Gasteiger charge is 2.33. The Morgan fingerprint density at radius 1 is 1.19 bits per heavy atom. The van der Waals surface area contributed by atoms with Crippen molar-refractivity contribution in [3.05, 3.63) is 0 Å². The van der Waals surface area contributed by atoms with E-state index < -0.39 is 33.7 Å². The first-order valence-electron chi connectivity index (χ1n) is 4.07. The maximum Gasteiger partial charge on any atom is 0.325 e. The van der Waals surface area contributed by atoms with Gasteiger partial charge in [0.2, 0.25) is 0 Å². The van der Waals surface area contributed by atoms with E-state index in [9.17, 15) is 18.0 Å². The molecule has 1 atom stereocenters. The summed E-state index contributed by atoms with van der Waals surface area (Å²) >= 11 is 0. The van der Waals surface area contributed by atoms with Gasteiger partial charge in [-0.2, -0.15) is 8.42 Å². The molecule has 4 N–H and O–H groups in total. The molecule has 96 valence electrons. The largest absolute Gasteiger partial charge is 0.481 e. The minimum Gasteiger partial charge on any atom is -0.481 e. The molecule has 0 aromatic heterocycles. The quantitative estimate of drug-likeness (QED) is 0.478. The van der Waals surface area contributed by atoms with Crippen molar-refractivity contribution in [2.24, 2.45) is 0 Å². The minimum atomic E-state index is -4.84. The van der Waals surface area contributed by atoms with Crippen molar-refractivity contribution >= 4 is 22.1 Å². The predicted molar refractivity (Wildman–Crippen MR) is 52.6 cm³/mol. The lowest BCUT2D eigenvalue weighted by atomic mass is 10.3. The van der Waals surface area contributed by atoms with Gasteiger partial charge in [-0.15, -0.1) is 0 Å². The monoisotopic (exact) mass is 258 g/mol. The molecule has 0 saturated carbocycles. The van der Waals surface area contributed by atoms with Crippen LogP contribution in [0.2, 0.25) is 0 Å². The second-order valence-corrected chi connectivity index (χ2v) is 4.63. The lowest BCUT2D eigenvalue weighted by Gasteiger charge is -2.04. The van der Waals surface area contributed by atoms with Crippen LogP contribution in [0.15, 0.2) is 0 Å². The molecule has 0 saturated heterocycles. The van der Waals surface area contributed by atoms with Gasteiger partial charge in [0.1, 0.15) is 0 Å². The number of hydrogen-bond acceptors (Lipinski definition) is 5. The average Bonchev–Trinajstić information content (AvgIpc) is 1.95. The lowest BCUT2D eigenvalue weighted by Crippen LogP contribution is -2.31. The molecular formula is C7H14O8S. The van der Waals surface area contributed by atoms with Crippen molar-refractivity contribution in [3.8, 4) is 0 Å². The summed E-state index contributed by atoms with van der Waals surface area (Å²) in [6.07, 6.45) is -1.33. The normalized spacial score (nSPS) is 12.6. The van der Waals surface area contributed by atoms with Gasteiger partial charge in [0.25, 0.3) is 10.1 Å². The highest BCUT2D eigenvalue weighted by atomic mass is 32.2. The van der Waals surface area contributed by atoms with Crippen LogP contribution in [-0.2, 0) is 19.7 Å². The van der Waals surface area contributed by atoms with Crippen molar-refractivity contribution < 1.29 is 37.9 Å². The third kappa shape index (κ3) is 10.9. The Balaban J connectivity index is 0. The SMILES string of the molecule is CC(C)O.O=C(O)CC(C(=O)O)S(=O)(=O)O. The third-order valence-electron chi connectivity index (χ3n) is 0.995. The van der Waals surface area contributed by atoms with E-state index in [2.05, 4.69) is 0 Å². The standard InChI is InChI=1S/C4H6O7S.C3H8O/c5-3(6)1-2(4(7)8)12(9,10)11;1-3(2)4/h2H,1H2,(H,5,6)(H,7,8)(H,9,10,11);3-4H,1-2H3. The molecule has 0 aliphatic carbocycles. The molecule has 0 aromatic rings. The Labute approximate surface area is 92.3 Å². The van der Waals surface area contributed by atoms with Gasteiger partial charge in [-0.25, -0.2) is 0 Å². The van der Waals surface area contributed by atoms with Crippen LogP contribution in [-0.4, -0.2) is 51.6 Å². The fourth-order valence-corrected chi connectivity index (χ4v) is 1.09. The molecule has 0 aromatic carbocycles. The maximum absolute atomic E-state index is 10.2. The van der Waals surface area contributed by atoms with E-state index in [1.807, 2.05) is 0 Å². The zero-order valence-electron chi connectivity index (χ0n) is 8.69. The molecule has 16 heavy (non-hydrogen) atoms. The van der Waals surface area contributed by atoms with Gasteiger partial charge >= 0.3 is 11.9 Å². The first-order chi connectivity index (χ1) is 6.98. The van der Waals surface area contributed by atoms with Crippen molar-refractivity contribution in [2.75, 3.05) is 0 Å². The summed E-state index contributed by atoms with van der Waals surface area (Å²) in [7, 11) is -4.84. The Hall–Kier alpha value is -1.19. The van der Waals surface area contributed by atoms with Gasteiger partial charge in [0, 0.05) is 6.10 Å². The summed E-state index contributed by atoms with van der Waals surface area (Å²) in [4.78, 5) is 20.0. The van der Waals surface area contributed by atoms with Gasteiger partial charge < -0.3 is 15.3 Å². The van der Waals surface area contributed by atoms with Gasteiger partial charge in [0.05, 0.1) is 6.42 Å². The zero-order chi connectivity index (χ0) is 13.5. The topological polar surface area (TPSA) is 149 Å². The Kier molecular flexibility index (Phi) is 7.69. The Morgan fingerprint density at radius 2 is 1.50 bits per heavy atom. The Morgan fingerprint density at radius 3 is 1.56 bits per heavy atom. The van der Waals surface area contributed by atoms with Gasteiger partial charge in [0.15, 0.2) is 5.25 Å².